The summed E-state index contributed by atoms with van der Waals surface area (Å²) in [6.45, 7) is 0.864. The van der Waals surface area contributed by atoms with E-state index in [9.17, 15) is 18.0 Å². The lowest BCUT2D eigenvalue weighted by atomic mass is 10.1. The van der Waals surface area contributed by atoms with E-state index in [-0.39, 0.29) is 35.9 Å². The summed E-state index contributed by atoms with van der Waals surface area (Å²) in [4.78, 5) is 14.6. The van der Waals surface area contributed by atoms with Crippen molar-refractivity contribution in [1.29, 1.82) is 0 Å². The van der Waals surface area contributed by atoms with Crippen molar-refractivity contribution < 1.29 is 27.4 Å². The van der Waals surface area contributed by atoms with Gasteiger partial charge in [0, 0.05) is 17.7 Å². The summed E-state index contributed by atoms with van der Waals surface area (Å²) < 4.78 is 49.1. The Morgan fingerprint density at radius 2 is 1.93 bits per heavy atom. The molecule has 3 rings (SSSR count). The third-order valence-electron chi connectivity index (χ3n) is 4.87. The Hall–Kier alpha value is -2.96. The molecule has 1 saturated carbocycles. The van der Waals surface area contributed by atoms with Crippen LogP contribution in [0.2, 0.25) is 0 Å². The number of alkyl halides is 2. The van der Waals surface area contributed by atoms with Gasteiger partial charge < -0.3 is 14.4 Å². The first-order valence-electron chi connectivity index (χ1n) is 9.87. The maximum Gasteiger partial charge on any atom is 0.387 e. The topological polar surface area (TPSA) is 38.8 Å². The van der Waals surface area contributed by atoms with Crippen molar-refractivity contribution in [3.05, 3.63) is 65.5 Å². The molecule has 1 aliphatic rings. The van der Waals surface area contributed by atoms with Crippen LogP contribution in [0, 0.1) is 5.82 Å². The van der Waals surface area contributed by atoms with Crippen LogP contribution in [0.15, 0.2) is 48.5 Å². The minimum atomic E-state index is -2.96. The fourth-order valence-corrected chi connectivity index (χ4v) is 3.35. The molecule has 0 bridgehead atoms. The standard InChI is InChI=1S/C23H24F3NO3/c1-3-29-21-14-16(8-12-20(21)30-23(25)26)9-13-22(28)27(17-10-11-17)15(2)18-6-4-5-7-19(18)24/h4-9,12-15,17,23H,3,10-11H2,1-2H3/b13-9+. The zero-order valence-corrected chi connectivity index (χ0v) is 16.9. The number of carbonyl (C=O) groups excluding carboxylic acids is 1. The number of ether oxygens (including phenoxy) is 2. The van der Waals surface area contributed by atoms with Gasteiger partial charge in [0.05, 0.1) is 12.6 Å². The predicted octanol–water partition coefficient (Wildman–Crippen LogP) is 5.59. The lowest BCUT2D eigenvalue weighted by molar-refractivity contribution is -0.128. The van der Waals surface area contributed by atoms with Crippen LogP contribution in [-0.4, -0.2) is 30.1 Å². The minimum Gasteiger partial charge on any atom is -0.490 e. The molecule has 1 fully saturated rings. The average molecular weight is 419 g/mol. The second kappa shape index (κ2) is 9.69. The van der Waals surface area contributed by atoms with Gasteiger partial charge >= 0.3 is 6.61 Å². The molecule has 0 spiro atoms. The van der Waals surface area contributed by atoms with E-state index in [4.69, 9.17) is 4.74 Å². The summed E-state index contributed by atoms with van der Waals surface area (Å²) in [6, 6.07) is 10.6. The van der Waals surface area contributed by atoms with Gasteiger partial charge in [-0.25, -0.2) is 4.39 Å². The summed E-state index contributed by atoms with van der Waals surface area (Å²) in [6.07, 6.45) is 4.76. The van der Waals surface area contributed by atoms with Crippen molar-refractivity contribution in [2.45, 2.75) is 45.4 Å². The van der Waals surface area contributed by atoms with E-state index in [1.807, 2.05) is 6.92 Å². The molecule has 2 aromatic carbocycles. The minimum absolute atomic E-state index is 0.0666. The molecule has 4 nitrogen and oxygen atoms in total. The molecule has 0 radical (unpaired) electrons. The Labute approximate surface area is 173 Å². The SMILES string of the molecule is CCOc1cc(/C=C/C(=O)N(C2CC2)C(C)c2ccccc2F)ccc1OC(F)F. The Morgan fingerprint density at radius 3 is 2.57 bits per heavy atom. The highest BCUT2D eigenvalue weighted by molar-refractivity contribution is 5.92. The van der Waals surface area contributed by atoms with Gasteiger partial charge in [0.25, 0.3) is 0 Å². The molecule has 0 aromatic heterocycles. The van der Waals surface area contributed by atoms with Crippen LogP contribution in [0.5, 0.6) is 11.5 Å². The number of amides is 1. The summed E-state index contributed by atoms with van der Waals surface area (Å²) in [5, 5.41) is 0. The fraction of sp³-hybridized carbons (Fsp3) is 0.348. The molecule has 160 valence electrons. The maximum atomic E-state index is 14.2. The van der Waals surface area contributed by atoms with Crippen LogP contribution in [0.3, 0.4) is 0 Å². The number of rotatable bonds is 9. The van der Waals surface area contributed by atoms with Crippen molar-refractivity contribution in [3.63, 3.8) is 0 Å². The Kier molecular flexibility index (Phi) is 7.03. The van der Waals surface area contributed by atoms with Crippen LogP contribution in [0.4, 0.5) is 13.2 Å². The monoisotopic (exact) mass is 419 g/mol. The summed E-state index contributed by atoms with van der Waals surface area (Å²) in [7, 11) is 0. The first-order valence-corrected chi connectivity index (χ1v) is 9.87. The van der Waals surface area contributed by atoms with Crippen LogP contribution >= 0.6 is 0 Å². The van der Waals surface area contributed by atoms with Gasteiger partial charge in [-0.05, 0) is 56.5 Å². The summed E-state index contributed by atoms with van der Waals surface area (Å²) >= 11 is 0. The van der Waals surface area contributed by atoms with Crippen molar-refractivity contribution in [1.82, 2.24) is 4.90 Å². The van der Waals surface area contributed by atoms with Crippen molar-refractivity contribution >= 4 is 12.0 Å². The van der Waals surface area contributed by atoms with E-state index in [1.54, 1.807) is 42.2 Å². The van der Waals surface area contributed by atoms with Crippen LogP contribution in [-0.2, 0) is 4.79 Å². The highest BCUT2D eigenvalue weighted by Crippen LogP contribution is 2.35. The summed E-state index contributed by atoms with van der Waals surface area (Å²) in [5.41, 5.74) is 1.07. The molecule has 0 heterocycles. The fourth-order valence-electron chi connectivity index (χ4n) is 3.35. The highest BCUT2D eigenvalue weighted by atomic mass is 19.3. The third-order valence-corrected chi connectivity index (χ3v) is 4.87. The van der Waals surface area contributed by atoms with E-state index >= 15 is 0 Å². The molecule has 0 saturated heterocycles. The van der Waals surface area contributed by atoms with Crippen molar-refractivity contribution in [2.75, 3.05) is 6.61 Å². The Morgan fingerprint density at radius 1 is 1.20 bits per heavy atom. The smallest absolute Gasteiger partial charge is 0.387 e. The zero-order valence-electron chi connectivity index (χ0n) is 16.9. The highest BCUT2D eigenvalue weighted by Gasteiger charge is 2.36. The van der Waals surface area contributed by atoms with Crippen LogP contribution in [0.1, 0.15) is 43.9 Å². The van der Waals surface area contributed by atoms with E-state index in [1.165, 1.54) is 24.3 Å². The number of carbonyl (C=O) groups is 1. The molecule has 30 heavy (non-hydrogen) atoms. The van der Waals surface area contributed by atoms with Gasteiger partial charge in [0.2, 0.25) is 5.91 Å². The molecule has 1 atom stereocenters. The Bertz CT molecular complexity index is 912. The molecular weight excluding hydrogens is 395 g/mol. The molecule has 0 aliphatic heterocycles. The molecule has 1 unspecified atom stereocenters. The lowest BCUT2D eigenvalue weighted by Crippen LogP contribution is -2.34. The first-order chi connectivity index (χ1) is 14.4. The van der Waals surface area contributed by atoms with Gasteiger partial charge in [-0.2, -0.15) is 8.78 Å². The molecule has 1 aliphatic carbocycles. The first kappa shape index (κ1) is 21.7. The summed E-state index contributed by atoms with van der Waals surface area (Å²) in [5.74, 6) is -0.475. The van der Waals surface area contributed by atoms with Crippen LogP contribution < -0.4 is 9.47 Å². The molecule has 1 amide bonds. The van der Waals surface area contributed by atoms with Gasteiger partial charge in [-0.3, -0.25) is 4.79 Å². The van der Waals surface area contributed by atoms with E-state index in [2.05, 4.69) is 4.74 Å². The second-order valence-electron chi connectivity index (χ2n) is 7.03. The maximum absolute atomic E-state index is 14.2. The lowest BCUT2D eigenvalue weighted by Gasteiger charge is -2.29. The quantitative estimate of drug-likeness (QED) is 0.497. The molecule has 2 aromatic rings. The van der Waals surface area contributed by atoms with Crippen molar-refractivity contribution in [3.8, 4) is 11.5 Å². The predicted molar refractivity (Wildman–Crippen MR) is 108 cm³/mol. The normalized spacial score (nSPS) is 14.7. The number of hydrogen-bond acceptors (Lipinski definition) is 3. The van der Waals surface area contributed by atoms with Gasteiger partial charge in [0.15, 0.2) is 11.5 Å². The van der Waals surface area contributed by atoms with Gasteiger partial charge in [0.1, 0.15) is 5.82 Å². The van der Waals surface area contributed by atoms with E-state index < -0.39 is 12.7 Å². The molecule has 0 N–H and O–H groups in total. The number of hydrogen-bond donors (Lipinski definition) is 0. The number of benzene rings is 2. The number of halogens is 3. The number of nitrogens with zero attached hydrogens (tertiary/aromatic N) is 1. The van der Waals surface area contributed by atoms with Crippen LogP contribution in [0.25, 0.3) is 6.08 Å². The van der Waals surface area contributed by atoms with E-state index in [0.717, 1.165) is 12.8 Å². The zero-order chi connectivity index (χ0) is 21.7. The van der Waals surface area contributed by atoms with E-state index in [0.29, 0.717) is 11.1 Å². The Balaban J connectivity index is 1.79. The second-order valence-corrected chi connectivity index (χ2v) is 7.03. The van der Waals surface area contributed by atoms with Gasteiger partial charge in [-0.1, -0.05) is 24.3 Å². The average Bonchev–Trinajstić information content (AvgIpc) is 3.53. The van der Waals surface area contributed by atoms with Crippen molar-refractivity contribution in [2.24, 2.45) is 0 Å². The van der Waals surface area contributed by atoms with Gasteiger partial charge in [-0.15, -0.1) is 0 Å². The molecule has 7 heteroatoms. The third kappa shape index (κ3) is 5.34. The largest absolute Gasteiger partial charge is 0.490 e. The molecular formula is C23H24F3NO3.